The van der Waals surface area contributed by atoms with Crippen molar-refractivity contribution in [1.29, 1.82) is 0 Å². The van der Waals surface area contributed by atoms with Gasteiger partial charge in [-0.05, 0) is 42.8 Å². The van der Waals surface area contributed by atoms with Gasteiger partial charge in [0.1, 0.15) is 17.8 Å². The standard InChI is InChI=1S/C29H22N2O3/c1-19(32)26-25-17-24(20-9-5-3-6-10-20)30-18-31(25)28(27(26)21-11-7-4-8-12-21)29(33)22-13-15-23(34-2)16-14-22/h3-18H,1-2H3. The smallest absolute Gasteiger partial charge is 0.210 e. The zero-order chi connectivity index (χ0) is 23.7. The summed E-state index contributed by atoms with van der Waals surface area (Å²) in [7, 11) is 1.58. The molecule has 0 bridgehead atoms. The summed E-state index contributed by atoms with van der Waals surface area (Å²) in [5, 5.41) is 0. The van der Waals surface area contributed by atoms with Crippen LogP contribution in [0, 0.1) is 0 Å². The minimum absolute atomic E-state index is 0.115. The van der Waals surface area contributed by atoms with Crippen LogP contribution in [0.1, 0.15) is 33.3 Å². The third-order valence-electron chi connectivity index (χ3n) is 5.88. The maximum atomic E-state index is 13.8. The number of hydrogen-bond acceptors (Lipinski definition) is 4. The highest BCUT2D eigenvalue weighted by molar-refractivity contribution is 6.19. The van der Waals surface area contributed by atoms with E-state index in [1.807, 2.05) is 66.7 Å². The van der Waals surface area contributed by atoms with Gasteiger partial charge in [0.25, 0.3) is 0 Å². The number of nitrogens with zero attached hydrogens (tertiary/aromatic N) is 2. The van der Waals surface area contributed by atoms with Crippen molar-refractivity contribution in [3.05, 3.63) is 114 Å². The van der Waals surface area contributed by atoms with Gasteiger partial charge in [-0.25, -0.2) is 4.98 Å². The quantitative estimate of drug-likeness (QED) is 0.295. The van der Waals surface area contributed by atoms with E-state index in [4.69, 9.17) is 4.74 Å². The van der Waals surface area contributed by atoms with Gasteiger partial charge in [0.15, 0.2) is 5.78 Å². The third kappa shape index (κ3) is 3.67. The highest BCUT2D eigenvalue weighted by Crippen LogP contribution is 2.36. The summed E-state index contributed by atoms with van der Waals surface area (Å²) >= 11 is 0. The molecule has 0 aliphatic rings. The molecule has 3 aromatic carbocycles. The van der Waals surface area contributed by atoms with E-state index in [1.165, 1.54) is 6.92 Å². The molecular weight excluding hydrogens is 424 g/mol. The average Bonchev–Trinajstić information content (AvgIpc) is 3.24. The first-order valence-electron chi connectivity index (χ1n) is 10.9. The fourth-order valence-corrected chi connectivity index (χ4v) is 4.27. The van der Waals surface area contributed by atoms with Gasteiger partial charge in [-0.15, -0.1) is 0 Å². The lowest BCUT2D eigenvalue weighted by Gasteiger charge is -2.08. The fraction of sp³-hybridized carbons (Fsp3) is 0.0690. The molecule has 5 heteroatoms. The van der Waals surface area contributed by atoms with Crippen LogP contribution < -0.4 is 4.74 Å². The Morgan fingerprint density at radius 2 is 1.44 bits per heavy atom. The van der Waals surface area contributed by atoms with E-state index >= 15 is 0 Å². The maximum absolute atomic E-state index is 13.8. The second-order valence-electron chi connectivity index (χ2n) is 7.97. The summed E-state index contributed by atoms with van der Waals surface area (Å²) in [6.45, 7) is 1.53. The molecule has 0 saturated heterocycles. The second-order valence-corrected chi connectivity index (χ2v) is 7.97. The number of rotatable bonds is 6. The Kier molecular flexibility index (Phi) is 5.52. The molecule has 0 aliphatic heterocycles. The van der Waals surface area contributed by atoms with Gasteiger partial charge in [0.05, 0.1) is 23.9 Å². The zero-order valence-corrected chi connectivity index (χ0v) is 18.9. The molecule has 0 radical (unpaired) electrons. The van der Waals surface area contributed by atoms with E-state index in [0.29, 0.717) is 33.7 Å². The van der Waals surface area contributed by atoms with Crippen molar-refractivity contribution in [2.75, 3.05) is 7.11 Å². The van der Waals surface area contributed by atoms with E-state index in [9.17, 15) is 9.59 Å². The molecule has 0 fully saturated rings. The second kappa shape index (κ2) is 8.79. The van der Waals surface area contributed by atoms with Crippen molar-refractivity contribution >= 4 is 17.1 Å². The summed E-state index contributed by atoms with van der Waals surface area (Å²) in [6, 6.07) is 28.2. The minimum atomic E-state index is -0.196. The summed E-state index contributed by atoms with van der Waals surface area (Å²) in [5.41, 5.74) is 5.14. The van der Waals surface area contributed by atoms with Crippen molar-refractivity contribution in [2.45, 2.75) is 6.92 Å². The topological polar surface area (TPSA) is 60.7 Å². The van der Waals surface area contributed by atoms with Crippen LogP contribution in [0.2, 0.25) is 0 Å². The van der Waals surface area contributed by atoms with Gasteiger partial charge >= 0.3 is 0 Å². The van der Waals surface area contributed by atoms with Crippen molar-refractivity contribution in [3.63, 3.8) is 0 Å². The molecule has 0 amide bonds. The van der Waals surface area contributed by atoms with Crippen LogP contribution in [0.3, 0.4) is 0 Å². The number of benzene rings is 3. The van der Waals surface area contributed by atoms with Crippen LogP contribution in [0.25, 0.3) is 27.9 Å². The molecular formula is C29H22N2O3. The molecule has 5 aromatic rings. The highest BCUT2D eigenvalue weighted by atomic mass is 16.5. The number of carbonyl (C=O) groups excluding carboxylic acids is 2. The molecule has 0 spiro atoms. The molecule has 34 heavy (non-hydrogen) atoms. The van der Waals surface area contributed by atoms with Gasteiger partial charge in [-0.3, -0.25) is 14.0 Å². The number of aromatic nitrogens is 2. The van der Waals surface area contributed by atoms with Crippen molar-refractivity contribution in [3.8, 4) is 28.1 Å². The molecule has 5 rings (SSSR count). The van der Waals surface area contributed by atoms with Crippen LogP contribution in [-0.4, -0.2) is 28.1 Å². The predicted molar refractivity (Wildman–Crippen MR) is 132 cm³/mol. The first kappa shape index (κ1) is 21.3. The Labute approximate surface area is 197 Å². The van der Waals surface area contributed by atoms with Gasteiger partial charge in [0.2, 0.25) is 5.78 Å². The molecule has 0 aliphatic carbocycles. The van der Waals surface area contributed by atoms with Crippen LogP contribution >= 0.6 is 0 Å². The molecule has 2 heterocycles. The monoisotopic (exact) mass is 446 g/mol. The first-order chi connectivity index (χ1) is 16.6. The molecule has 2 aromatic heterocycles. The van der Waals surface area contributed by atoms with Crippen molar-refractivity contribution in [2.24, 2.45) is 0 Å². The summed E-state index contributed by atoms with van der Waals surface area (Å²) in [5.74, 6) is 0.354. The summed E-state index contributed by atoms with van der Waals surface area (Å²) < 4.78 is 6.97. The van der Waals surface area contributed by atoms with E-state index in [-0.39, 0.29) is 11.6 Å². The Bertz CT molecular complexity index is 1500. The number of ketones is 2. The first-order valence-corrected chi connectivity index (χ1v) is 10.9. The maximum Gasteiger partial charge on any atom is 0.210 e. The SMILES string of the molecule is COc1ccc(C(=O)c2c(-c3ccccc3)c(C(C)=O)c3cc(-c4ccccc4)ncn23)cc1. The van der Waals surface area contributed by atoms with Gasteiger partial charge in [-0.2, -0.15) is 0 Å². The normalized spacial score (nSPS) is 10.9. The predicted octanol–water partition coefficient (Wildman–Crippen LogP) is 6.11. The van der Waals surface area contributed by atoms with E-state index in [0.717, 1.165) is 16.8 Å². The van der Waals surface area contributed by atoms with E-state index < -0.39 is 0 Å². The Balaban J connectivity index is 1.82. The van der Waals surface area contributed by atoms with Crippen LogP contribution in [0.15, 0.2) is 97.3 Å². The lowest BCUT2D eigenvalue weighted by atomic mass is 9.95. The van der Waals surface area contributed by atoms with E-state index in [1.54, 1.807) is 42.1 Å². The van der Waals surface area contributed by atoms with Crippen LogP contribution in [-0.2, 0) is 0 Å². The number of carbonyl (C=O) groups is 2. The molecule has 0 saturated carbocycles. The highest BCUT2D eigenvalue weighted by Gasteiger charge is 2.28. The lowest BCUT2D eigenvalue weighted by molar-refractivity contribution is 0.101. The number of hydrogen-bond donors (Lipinski definition) is 0. The van der Waals surface area contributed by atoms with Crippen molar-refractivity contribution < 1.29 is 14.3 Å². The van der Waals surface area contributed by atoms with Gasteiger partial charge in [0, 0.05) is 16.7 Å². The van der Waals surface area contributed by atoms with Crippen LogP contribution in [0.5, 0.6) is 5.75 Å². The molecule has 0 unspecified atom stereocenters. The molecule has 0 atom stereocenters. The van der Waals surface area contributed by atoms with Crippen molar-refractivity contribution in [1.82, 2.24) is 9.38 Å². The zero-order valence-electron chi connectivity index (χ0n) is 18.9. The minimum Gasteiger partial charge on any atom is -0.497 e. The van der Waals surface area contributed by atoms with Gasteiger partial charge < -0.3 is 4.74 Å². The average molecular weight is 447 g/mol. The fourth-order valence-electron chi connectivity index (χ4n) is 4.27. The Hall–Kier alpha value is -4.51. The molecule has 5 nitrogen and oxygen atoms in total. The molecule has 166 valence electrons. The Morgan fingerprint density at radius 3 is 2.03 bits per heavy atom. The van der Waals surface area contributed by atoms with E-state index in [2.05, 4.69) is 4.98 Å². The third-order valence-corrected chi connectivity index (χ3v) is 5.88. The number of methoxy groups -OCH3 is 1. The number of fused-ring (bicyclic) bond motifs is 1. The largest absolute Gasteiger partial charge is 0.497 e. The Morgan fingerprint density at radius 1 is 0.824 bits per heavy atom. The summed E-state index contributed by atoms with van der Waals surface area (Å²) in [4.78, 5) is 31.5. The number of ether oxygens (including phenoxy) is 1. The van der Waals surface area contributed by atoms with Crippen LogP contribution in [0.4, 0.5) is 0 Å². The summed E-state index contributed by atoms with van der Waals surface area (Å²) in [6.07, 6.45) is 1.63. The number of Topliss-reactive ketones (excluding diaryl/α,β-unsaturated/α-hetero) is 1. The molecule has 0 N–H and O–H groups in total. The lowest BCUT2D eigenvalue weighted by Crippen LogP contribution is -2.07. The van der Waals surface area contributed by atoms with Gasteiger partial charge in [-0.1, -0.05) is 60.7 Å².